The third-order valence-corrected chi connectivity index (χ3v) is 6.19. The highest BCUT2D eigenvalue weighted by Gasteiger charge is 2.36. The summed E-state index contributed by atoms with van der Waals surface area (Å²) in [5, 5.41) is 0. The minimum Gasteiger partial charge on any atom is -0.339 e. The maximum Gasteiger partial charge on any atom is 0.226 e. The van der Waals surface area contributed by atoms with Gasteiger partial charge in [-0.05, 0) is 26.3 Å². The van der Waals surface area contributed by atoms with Gasteiger partial charge in [0.15, 0.2) is 9.84 Å². The van der Waals surface area contributed by atoms with E-state index < -0.39 is 9.84 Å². The molecular weight excluding hydrogens is 316 g/mol. The van der Waals surface area contributed by atoms with E-state index in [0.717, 1.165) is 11.4 Å². The van der Waals surface area contributed by atoms with E-state index in [-0.39, 0.29) is 23.3 Å². The van der Waals surface area contributed by atoms with E-state index in [0.29, 0.717) is 38.5 Å². The SMILES string of the molecule is Cc1cc(C)nc(N2CCN(C(=O)C3CCS(=O)(=O)C3)CC2)n1. The molecule has 1 unspecified atom stereocenters. The van der Waals surface area contributed by atoms with Crippen LogP contribution in [0.3, 0.4) is 0 Å². The molecule has 1 aromatic rings. The number of piperazine rings is 1. The zero-order valence-corrected chi connectivity index (χ0v) is 14.3. The summed E-state index contributed by atoms with van der Waals surface area (Å²) < 4.78 is 23.1. The summed E-state index contributed by atoms with van der Waals surface area (Å²) in [5.74, 6) is 0.473. The van der Waals surface area contributed by atoms with E-state index in [2.05, 4.69) is 14.9 Å². The Morgan fingerprint density at radius 3 is 2.26 bits per heavy atom. The van der Waals surface area contributed by atoms with Crippen LogP contribution in [0, 0.1) is 19.8 Å². The largest absolute Gasteiger partial charge is 0.339 e. The highest BCUT2D eigenvalue weighted by Crippen LogP contribution is 2.22. The van der Waals surface area contributed by atoms with Crippen molar-refractivity contribution in [1.29, 1.82) is 0 Å². The van der Waals surface area contributed by atoms with Crippen LogP contribution in [0.15, 0.2) is 6.07 Å². The number of aryl methyl sites for hydroxylation is 2. The van der Waals surface area contributed by atoms with Crippen molar-refractivity contribution in [3.63, 3.8) is 0 Å². The standard InChI is InChI=1S/C15H22N4O3S/c1-11-9-12(2)17-15(16-11)19-6-4-18(5-7-19)14(20)13-3-8-23(21,22)10-13/h9,13H,3-8,10H2,1-2H3. The molecule has 7 nitrogen and oxygen atoms in total. The molecule has 3 rings (SSSR count). The lowest BCUT2D eigenvalue weighted by Crippen LogP contribution is -2.51. The number of hydrogen-bond donors (Lipinski definition) is 0. The minimum atomic E-state index is -3.02. The summed E-state index contributed by atoms with van der Waals surface area (Å²) in [6.07, 6.45) is 0.460. The molecule has 2 saturated heterocycles. The van der Waals surface area contributed by atoms with Crippen LogP contribution in [0.5, 0.6) is 0 Å². The molecule has 0 spiro atoms. The second-order valence-corrected chi connectivity index (χ2v) is 8.59. The Labute approximate surface area is 136 Å². The molecule has 2 aliphatic heterocycles. The number of anilines is 1. The van der Waals surface area contributed by atoms with Gasteiger partial charge in [0.2, 0.25) is 11.9 Å². The first-order valence-corrected chi connectivity index (χ1v) is 9.73. The van der Waals surface area contributed by atoms with Gasteiger partial charge >= 0.3 is 0 Å². The van der Waals surface area contributed by atoms with Gasteiger partial charge in [-0.2, -0.15) is 0 Å². The van der Waals surface area contributed by atoms with Crippen LogP contribution in [0.25, 0.3) is 0 Å². The predicted octanol–water partition coefficient (Wildman–Crippen LogP) is 0.177. The first kappa shape index (κ1) is 16.2. The van der Waals surface area contributed by atoms with Gasteiger partial charge in [-0.1, -0.05) is 0 Å². The normalized spacial score (nSPS) is 24.0. The Hall–Kier alpha value is -1.70. The van der Waals surface area contributed by atoms with Crippen LogP contribution in [0.1, 0.15) is 17.8 Å². The highest BCUT2D eigenvalue weighted by atomic mass is 32.2. The third-order valence-electron chi connectivity index (χ3n) is 4.43. The fourth-order valence-corrected chi connectivity index (χ4v) is 4.96. The van der Waals surface area contributed by atoms with Crippen molar-refractivity contribution in [3.8, 4) is 0 Å². The predicted molar refractivity (Wildman–Crippen MR) is 87.1 cm³/mol. The summed E-state index contributed by atoms with van der Waals surface area (Å²) in [6.45, 7) is 6.41. The lowest BCUT2D eigenvalue weighted by molar-refractivity contribution is -0.135. The molecule has 1 atom stereocenters. The first-order valence-electron chi connectivity index (χ1n) is 7.90. The topological polar surface area (TPSA) is 83.5 Å². The van der Waals surface area contributed by atoms with Crippen LogP contribution in [-0.4, -0.2) is 66.9 Å². The van der Waals surface area contributed by atoms with Gasteiger partial charge in [0.1, 0.15) is 0 Å². The summed E-state index contributed by atoms with van der Waals surface area (Å²) in [6, 6.07) is 1.93. The van der Waals surface area contributed by atoms with Crippen molar-refractivity contribution in [1.82, 2.24) is 14.9 Å². The maximum atomic E-state index is 12.5. The van der Waals surface area contributed by atoms with Gasteiger partial charge in [-0.15, -0.1) is 0 Å². The van der Waals surface area contributed by atoms with Gasteiger partial charge in [-0.3, -0.25) is 4.79 Å². The van der Waals surface area contributed by atoms with Gasteiger partial charge in [0, 0.05) is 37.6 Å². The van der Waals surface area contributed by atoms with E-state index in [1.807, 2.05) is 19.9 Å². The fraction of sp³-hybridized carbons (Fsp3) is 0.667. The van der Waals surface area contributed by atoms with Crippen molar-refractivity contribution >= 4 is 21.7 Å². The zero-order valence-electron chi connectivity index (χ0n) is 13.5. The quantitative estimate of drug-likeness (QED) is 0.765. The van der Waals surface area contributed by atoms with Gasteiger partial charge in [0.05, 0.1) is 17.4 Å². The van der Waals surface area contributed by atoms with Crippen LogP contribution < -0.4 is 4.90 Å². The molecule has 0 aromatic carbocycles. The Morgan fingerprint density at radius 2 is 1.74 bits per heavy atom. The number of rotatable bonds is 2. The van der Waals surface area contributed by atoms with Crippen LogP contribution in [-0.2, 0) is 14.6 Å². The molecule has 0 bridgehead atoms. The molecule has 0 aliphatic carbocycles. The molecule has 126 valence electrons. The highest BCUT2D eigenvalue weighted by molar-refractivity contribution is 7.91. The van der Waals surface area contributed by atoms with Crippen molar-refractivity contribution in [2.75, 3.05) is 42.6 Å². The van der Waals surface area contributed by atoms with E-state index in [1.54, 1.807) is 4.90 Å². The maximum absolute atomic E-state index is 12.5. The molecule has 8 heteroatoms. The molecule has 1 amide bonds. The Morgan fingerprint density at radius 1 is 1.13 bits per heavy atom. The Kier molecular flexibility index (Phi) is 4.27. The second-order valence-electron chi connectivity index (χ2n) is 6.36. The molecule has 0 saturated carbocycles. The average Bonchev–Trinajstić information content (AvgIpc) is 2.86. The summed E-state index contributed by atoms with van der Waals surface area (Å²) in [7, 11) is -3.02. The van der Waals surface area contributed by atoms with E-state index >= 15 is 0 Å². The van der Waals surface area contributed by atoms with Gasteiger partial charge in [0.25, 0.3) is 0 Å². The molecule has 1 aromatic heterocycles. The van der Waals surface area contributed by atoms with Crippen molar-refractivity contribution in [2.24, 2.45) is 5.92 Å². The lowest BCUT2D eigenvalue weighted by Gasteiger charge is -2.36. The minimum absolute atomic E-state index is 0.00618. The zero-order chi connectivity index (χ0) is 16.6. The van der Waals surface area contributed by atoms with Crippen molar-refractivity contribution in [3.05, 3.63) is 17.5 Å². The molecule has 3 heterocycles. The smallest absolute Gasteiger partial charge is 0.226 e. The van der Waals surface area contributed by atoms with E-state index in [4.69, 9.17) is 0 Å². The van der Waals surface area contributed by atoms with Gasteiger partial charge < -0.3 is 9.80 Å². The Bertz CT molecular complexity index is 691. The molecule has 0 radical (unpaired) electrons. The van der Waals surface area contributed by atoms with E-state index in [1.165, 1.54) is 0 Å². The lowest BCUT2D eigenvalue weighted by atomic mass is 10.1. The monoisotopic (exact) mass is 338 g/mol. The molecule has 2 aliphatic rings. The molecule has 0 N–H and O–H groups in total. The fourth-order valence-electron chi connectivity index (χ4n) is 3.22. The first-order chi connectivity index (χ1) is 10.8. The van der Waals surface area contributed by atoms with Crippen LogP contribution in [0.4, 0.5) is 5.95 Å². The third kappa shape index (κ3) is 3.63. The average molecular weight is 338 g/mol. The number of sulfone groups is 1. The van der Waals surface area contributed by atoms with Crippen molar-refractivity contribution in [2.45, 2.75) is 20.3 Å². The van der Waals surface area contributed by atoms with Crippen LogP contribution in [0.2, 0.25) is 0 Å². The number of hydrogen-bond acceptors (Lipinski definition) is 6. The molecule has 23 heavy (non-hydrogen) atoms. The number of nitrogens with zero attached hydrogens (tertiary/aromatic N) is 4. The van der Waals surface area contributed by atoms with E-state index in [9.17, 15) is 13.2 Å². The van der Waals surface area contributed by atoms with Crippen molar-refractivity contribution < 1.29 is 13.2 Å². The summed E-state index contributed by atoms with van der Waals surface area (Å²) in [5.41, 5.74) is 1.87. The molecule has 2 fully saturated rings. The van der Waals surface area contributed by atoms with Gasteiger partial charge in [-0.25, -0.2) is 18.4 Å². The number of aromatic nitrogens is 2. The summed E-state index contributed by atoms with van der Waals surface area (Å²) in [4.78, 5) is 25.2. The second kappa shape index (κ2) is 6.07. The number of carbonyl (C=O) groups is 1. The number of amides is 1. The summed E-state index contributed by atoms with van der Waals surface area (Å²) >= 11 is 0. The van der Waals surface area contributed by atoms with Crippen LogP contribution >= 0.6 is 0 Å². The number of carbonyl (C=O) groups excluding carboxylic acids is 1. The molecular formula is C15H22N4O3S. The Balaban J connectivity index is 1.61.